The monoisotopic (exact) mass is 387 g/mol. The summed E-state index contributed by atoms with van der Waals surface area (Å²) in [6.45, 7) is 7.88. The summed E-state index contributed by atoms with van der Waals surface area (Å²) in [5, 5.41) is 0. The molecule has 1 aromatic heterocycles. The van der Waals surface area contributed by atoms with Crippen LogP contribution in [0.3, 0.4) is 0 Å². The Kier molecular flexibility index (Phi) is 5.00. The highest BCUT2D eigenvalue weighted by Gasteiger charge is 2.47. The number of aromatic nitrogens is 2. The Morgan fingerprint density at radius 3 is 2.57 bits per heavy atom. The van der Waals surface area contributed by atoms with Crippen molar-refractivity contribution in [2.24, 2.45) is 11.3 Å². The first-order valence-electron chi connectivity index (χ1n) is 10.8. The van der Waals surface area contributed by atoms with E-state index in [2.05, 4.69) is 4.98 Å². The highest BCUT2D eigenvalue weighted by Crippen LogP contribution is 2.49. The van der Waals surface area contributed by atoms with E-state index in [0.29, 0.717) is 24.9 Å². The fourth-order valence-electron chi connectivity index (χ4n) is 5.04. The van der Waals surface area contributed by atoms with E-state index in [9.17, 15) is 9.59 Å². The molecule has 1 amide bonds. The zero-order chi connectivity index (χ0) is 19.9. The van der Waals surface area contributed by atoms with Gasteiger partial charge in [-0.1, -0.05) is 12.8 Å². The van der Waals surface area contributed by atoms with E-state index in [1.54, 1.807) is 17.0 Å². The quantitative estimate of drug-likeness (QED) is 0.788. The van der Waals surface area contributed by atoms with Crippen molar-refractivity contribution in [1.82, 2.24) is 14.5 Å². The molecule has 6 nitrogen and oxygen atoms in total. The number of hydrogen-bond donors (Lipinski definition) is 0. The molecule has 6 heteroatoms. The first kappa shape index (κ1) is 19.5. The van der Waals surface area contributed by atoms with Crippen molar-refractivity contribution in [3.05, 3.63) is 28.4 Å². The van der Waals surface area contributed by atoms with Gasteiger partial charge >= 0.3 is 6.09 Å². The van der Waals surface area contributed by atoms with Gasteiger partial charge < -0.3 is 9.64 Å². The summed E-state index contributed by atoms with van der Waals surface area (Å²) >= 11 is 0. The first-order chi connectivity index (χ1) is 13.3. The van der Waals surface area contributed by atoms with Crippen molar-refractivity contribution in [1.29, 1.82) is 0 Å². The average Bonchev–Trinajstić information content (AvgIpc) is 3.37. The molecule has 0 bridgehead atoms. The molecule has 154 valence electrons. The molecule has 0 aromatic carbocycles. The minimum atomic E-state index is -0.473. The largest absolute Gasteiger partial charge is 0.444 e. The van der Waals surface area contributed by atoms with Gasteiger partial charge in [-0.15, -0.1) is 0 Å². The van der Waals surface area contributed by atoms with Gasteiger partial charge in [0.25, 0.3) is 5.56 Å². The normalized spacial score (nSPS) is 24.5. The molecule has 1 aliphatic heterocycles. The number of carbonyl (C=O) groups is 1. The van der Waals surface area contributed by atoms with Crippen LogP contribution in [-0.4, -0.2) is 39.2 Å². The first-order valence-corrected chi connectivity index (χ1v) is 10.8. The lowest BCUT2D eigenvalue weighted by Gasteiger charge is -2.46. The number of likely N-dealkylation sites (tertiary alicyclic amines) is 1. The SMILES string of the molecule is CC(C)(C)OC(=O)N1CCC(Cn2cnc(C3CC3)cc2=O)C2(CCCC2)C1. The van der Waals surface area contributed by atoms with Gasteiger partial charge in [0.2, 0.25) is 0 Å². The van der Waals surface area contributed by atoms with Gasteiger partial charge in [-0.2, -0.15) is 0 Å². The minimum Gasteiger partial charge on any atom is -0.444 e. The second kappa shape index (κ2) is 7.20. The predicted molar refractivity (Wildman–Crippen MR) is 107 cm³/mol. The van der Waals surface area contributed by atoms with E-state index in [0.717, 1.165) is 44.3 Å². The highest BCUT2D eigenvalue weighted by atomic mass is 16.6. The molecular formula is C22H33N3O3. The van der Waals surface area contributed by atoms with Crippen LogP contribution in [-0.2, 0) is 11.3 Å². The van der Waals surface area contributed by atoms with Gasteiger partial charge in [0, 0.05) is 31.6 Å². The summed E-state index contributed by atoms with van der Waals surface area (Å²) in [7, 11) is 0. The van der Waals surface area contributed by atoms with E-state index < -0.39 is 5.60 Å². The number of amides is 1. The molecule has 1 saturated heterocycles. The summed E-state index contributed by atoms with van der Waals surface area (Å²) in [4.78, 5) is 31.7. The average molecular weight is 388 g/mol. The van der Waals surface area contributed by atoms with Crippen LogP contribution in [0.15, 0.2) is 17.2 Å². The Balaban J connectivity index is 1.49. The number of ether oxygens (including phenoxy) is 1. The molecule has 3 aliphatic rings. The van der Waals surface area contributed by atoms with Crippen molar-refractivity contribution < 1.29 is 9.53 Å². The number of rotatable bonds is 3. The molecule has 1 atom stereocenters. The van der Waals surface area contributed by atoms with Crippen LogP contribution >= 0.6 is 0 Å². The zero-order valence-corrected chi connectivity index (χ0v) is 17.4. The Hall–Kier alpha value is -1.85. The predicted octanol–water partition coefficient (Wildman–Crippen LogP) is 3.94. The third-order valence-electron chi connectivity index (χ3n) is 6.68. The molecule has 2 heterocycles. The summed E-state index contributed by atoms with van der Waals surface area (Å²) in [5.74, 6) is 0.903. The van der Waals surface area contributed by atoms with Gasteiger partial charge in [-0.05, 0) is 64.2 Å². The van der Waals surface area contributed by atoms with E-state index in [4.69, 9.17) is 4.74 Å². The molecule has 0 radical (unpaired) electrons. The Bertz CT molecular complexity index is 785. The van der Waals surface area contributed by atoms with E-state index in [1.165, 1.54) is 12.8 Å². The van der Waals surface area contributed by atoms with Crippen LogP contribution in [0.1, 0.15) is 77.3 Å². The lowest BCUT2D eigenvalue weighted by Crippen LogP contribution is -2.52. The number of nitrogens with zero attached hydrogens (tertiary/aromatic N) is 3. The maximum absolute atomic E-state index is 12.6. The van der Waals surface area contributed by atoms with E-state index in [1.807, 2.05) is 25.7 Å². The maximum Gasteiger partial charge on any atom is 0.410 e. The smallest absolute Gasteiger partial charge is 0.410 e. The van der Waals surface area contributed by atoms with Gasteiger partial charge in [-0.3, -0.25) is 9.36 Å². The molecule has 2 aliphatic carbocycles. The molecule has 1 aromatic rings. The van der Waals surface area contributed by atoms with E-state index >= 15 is 0 Å². The molecule has 0 N–H and O–H groups in total. The van der Waals surface area contributed by atoms with Gasteiger partial charge in [0.1, 0.15) is 5.60 Å². The third-order valence-corrected chi connectivity index (χ3v) is 6.68. The van der Waals surface area contributed by atoms with Crippen LogP contribution in [0.4, 0.5) is 4.79 Å². The topological polar surface area (TPSA) is 64.4 Å². The standard InChI is InChI=1S/C22H33N3O3/c1-21(2,3)28-20(27)24-11-8-17(22(14-24)9-4-5-10-22)13-25-15-23-18(12-19(25)26)16-6-7-16/h12,15-17H,4-11,13-14H2,1-3H3. The Labute approximate surface area is 167 Å². The summed E-state index contributed by atoms with van der Waals surface area (Å²) in [6.07, 6.45) is 9.42. The highest BCUT2D eigenvalue weighted by molar-refractivity contribution is 5.68. The molecule has 3 fully saturated rings. The zero-order valence-electron chi connectivity index (χ0n) is 17.4. The van der Waals surface area contributed by atoms with E-state index in [-0.39, 0.29) is 17.1 Å². The van der Waals surface area contributed by atoms with Crippen LogP contribution in [0.25, 0.3) is 0 Å². The van der Waals surface area contributed by atoms with Crippen molar-refractivity contribution in [3.63, 3.8) is 0 Å². The van der Waals surface area contributed by atoms with Crippen LogP contribution in [0, 0.1) is 11.3 Å². The molecular weight excluding hydrogens is 354 g/mol. The van der Waals surface area contributed by atoms with Crippen molar-refractivity contribution in [3.8, 4) is 0 Å². The molecule has 2 saturated carbocycles. The molecule has 1 spiro atoms. The fraction of sp³-hybridized carbons (Fsp3) is 0.773. The molecule has 1 unspecified atom stereocenters. The Morgan fingerprint density at radius 2 is 1.96 bits per heavy atom. The van der Waals surface area contributed by atoms with Crippen LogP contribution in [0.2, 0.25) is 0 Å². The lowest BCUT2D eigenvalue weighted by atomic mass is 9.69. The third kappa shape index (κ3) is 4.11. The summed E-state index contributed by atoms with van der Waals surface area (Å²) in [6, 6.07) is 1.73. The van der Waals surface area contributed by atoms with Gasteiger partial charge in [0.05, 0.1) is 12.0 Å². The maximum atomic E-state index is 12.6. The summed E-state index contributed by atoms with van der Waals surface area (Å²) in [5.41, 5.74) is 0.652. The number of hydrogen-bond acceptors (Lipinski definition) is 4. The van der Waals surface area contributed by atoms with Gasteiger partial charge in [-0.25, -0.2) is 9.78 Å². The Morgan fingerprint density at radius 1 is 1.25 bits per heavy atom. The molecule has 4 rings (SSSR count). The van der Waals surface area contributed by atoms with Crippen molar-refractivity contribution >= 4 is 6.09 Å². The fourth-order valence-corrected chi connectivity index (χ4v) is 5.04. The minimum absolute atomic E-state index is 0.0691. The number of piperidine rings is 1. The molecule has 28 heavy (non-hydrogen) atoms. The van der Waals surface area contributed by atoms with Gasteiger partial charge in [0.15, 0.2) is 0 Å². The second-order valence-corrected chi connectivity index (χ2v) is 10.0. The van der Waals surface area contributed by atoms with Crippen LogP contribution in [0.5, 0.6) is 0 Å². The lowest BCUT2D eigenvalue weighted by molar-refractivity contribution is -0.0156. The second-order valence-electron chi connectivity index (χ2n) is 10.0. The van der Waals surface area contributed by atoms with Crippen molar-refractivity contribution in [2.45, 2.75) is 83.8 Å². The van der Waals surface area contributed by atoms with Crippen LogP contribution < -0.4 is 5.56 Å². The van der Waals surface area contributed by atoms with Crippen molar-refractivity contribution in [2.75, 3.05) is 13.1 Å². The number of carbonyl (C=O) groups excluding carboxylic acids is 1. The summed E-state index contributed by atoms with van der Waals surface area (Å²) < 4.78 is 7.41.